The lowest BCUT2D eigenvalue weighted by molar-refractivity contribution is 0.0690. The number of hydrogen-bond donors (Lipinski definition) is 2. The standard InChI is InChI=1S/C12H11N3O2S/c1-18-9-4-2-8(3-5-9)14-11-7-13-6-10(15-11)12(16)17/h2-7H,1H3,(H,14,15)(H,16,17). The molecule has 0 spiro atoms. The van der Waals surface area contributed by atoms with Crippen molar-refractivity contribution in [2.45, 2.75) is 4.90 Å². The van der Waals surface area contributed by atoms with Crippen LogP contribution in [0.1, 0.15) is 10.5 Å². The highest BCUT2D eigenvalue weighted by molar-refractivity contribution is 7.98. The number of rotatable bonds is 4. The monoisotopic (exact) mass is 261 g/mol. The maximum Gasteiger partial charge on any atom is 0.356 e. The van der Waals surface area contributed by atoms with Gasteiger partial charge in [-0.25, -0.2) is 9.78 Å². The van der Waals surface area contributed by atoms with Crippen molar-refractivity contribution in [2.24, 2.45) is 0 Å². The summed E-state index contributed by atoms with van der Waals surface area (Å²) >= 11 is 1.66. The van der Waals surface area contributed by atoms with Crippen LogP contribution in [0.15, 0.2) is 41.6 Å². The molecule has 1 aromatic heterocycles. The van der Waals surface area contributed by atoms with Gasteiger partial charge in [-0.2, -0.15) is 0 Å². The lowest BCUT2D eigenvalue weighted by atomic mass is 10.3. The molecule has 0 saturated carbocycles. The average Bonchev–Trinajstić information content (AvgIpc) is 2.40. The maximum atomic E-state index is 10.8. The minimum atomic E-state index is -1.09. The first kappa shape index (κ1) is 12.4. The number of hydrogen-bond acceptors (Lipinski definition) is 5. The van der Waals surface area contributed by atoms with Gasteiger partial charge in [-0.05, 0) is 30.5 Å². The molecule has 0 aliphatic rings. The highest BCUT2D eigenvalue weighted by Gasteiger charge is 2.06. The van der Waals surface area contributed by atoms with E-state index in [1.165, 1.54) is 12.4 Å². The van der Waals surface area contributed by atoms with Gasteiger partial charge in [0.25, 0.3) is 0 Å². The fourth-order valence-corrected chi connectivity index (χ4v) is 1.76. The van der Waals surface area contributed by atoms with Gasteiger partial charge in [0.05, 0.1) is 12.4 Å². The third kappa shape index (κ3) is 2.98. The molecule has 1 aromatic carbocycles. The first-order valence-electron chi connectivity index (χ1n) is 5.15. The number of carbonyl (C=O) groups is 1. The Kier molecular flexibility index (Phi) is 3.78. The van der Waals surface area contributed by atoms with Gasteiger partial charge in [0.1, 0.15) is 5.82 Å². The number of nitrogens with zero attached hydrogens (tertiary/aromatic N) is 2. The first-order valence-corrected chi connectivity index (χ1v) is 6.38. The Labute approximate surface area is 108 Å². The van der Waals surface area contributed by atoms with Gasteiger partial charge in [-0.15, -0.1) is 11.8 Å². The molecule has 6 heteroatoms. The molecule has 0 bridgehead atoms. The molecule has 2 N–H and O–H groups in total. The Morgan fingerprint density at radius 2 is 2.00 bits per heavy atom. The lowest BCUT2D eigenvalue weighted by Gasteiger charge is -2.06. The first-order chi connectivity index (χ1) is 8.69. The van der Waals surface area contributed by atoms with Crippen LogP contribution in [0.2, 0.25) is 0 Å². The van der Waals surface area contributed by atoms with Crippen LogP contribution in [0, 0.1) is 0 Å². The van der Waals surface area contributed by atoms with Gasteiger partial charge in [0, 0.05) is 10.6 Å². The third-order valence-electron chi connectivity index (χ3n) is 2.22. The van der Waals surface area contributed by atoms with Crippen LogP contribution in [-0.4, -0.2) is 27.3 Å². The van der Waals surface area contributed by atoms with Gasteiger partial charge >= 0.3 is 5.97 Å². The summed E-state index contributed by atoms with van der Waals surface area (Å²) in [6.45, 7) is 0. The van der Waals surface area contributed by atoms with Crippen LogP contribution < -0.4 is 5.32 Å². The number of aromatic nitrogens is 2. The number of nitrogens with one attached hydrogen (secondary N) is 1. The molecule has 2 rings (SSSR count). The minimum absolute atomic E-state index is 0.0827. The molecule has 0 atom stereocenters. The summed E-state index contributed by atoms with van der Waals surface area (Å²) in [6.07, 6.45) is 4.70. The van der Waals surface area contributed by atoms with Gasteiger partial charge < -0.3 is 10.4 Å². The molecule has 0 saturated heterocycles. The number of benzene rings is 1. The van der Waals surface area contributed by atoms with Gasteiger partial charge in [0.15, 0.2) is 5.69 Å². The highest BCUT2D eigenvalue weighted by atomic mass is 32.2. The summed E-state index contributed by atoms with van der Waals surface area (Å²) in [4.78, 5) is 19.7. The van der Waals surface area contributed by atoms with Crippen LogP contribution in [0.25, 0.3) is 0 Å². The van der Waals surface area contributed by atoms with Crippen molar-refractivity contribution in [1.82, 2.24) is 9.97 Å². The molecule has 0 radical (unpaired) electrons. The van der Waals surface area contributed by atoms with E-state index >= 15 is 0 Å². The molecule has 0 amide bonds. The van der Waals surface area contributed by atoms with Crippen molar-refractivity contribution in [3.8, 4) is 0 Å². The zero-order valence-electron chi connectivity index (χ0n) is 9.62. The fraction of sp³-hybridized carbons (Fsp3) is 0.0833. The Balaban J connectivity index is 2.17. The van der Waals surface area contributed by atoms with E-state index in [1.54, 1.807) is 11.8 Å². The van der Waals surface area contributed by atoms with Crippen LogP contribution in [0.3, 0.4) is 0 Å². The lowest BCUT2D eigenvalue weighted by Crippen LogP contribution is -2.03. The summed E-state index contributed by atoms with van der Waals surface area (Å²) in [6, 6.07) is 7.75. The van der Waals surface area contributed by atoms with Crippen molar-refractivity contribution >= 4 is 29.2 Å². The van der Waals surface area contributed by atoms with Crippen molar-refractivity contribution in [2.75, 3.05) is 11.6 Å². The number of carboxylic acids is 1. The summed E-state index contributed by atoms with van der Waals surface area (Å²) in [5, 5.41) is 11.8. The second-order valence-electron chi connectivity index (χ2n) is 3.45. The molecule has 0 fully saturated rings. The third-order valence-corrected chi connectivity index (χ3v) is 2.96. The van der Waals surface area contributed by atoms with E-state index < -0.39 is 5.97 Å². The summed E-state index contributed by atoms with van der Waals surface area (Å²) in [5.41, 5.74) is 0.755. The number of carboxylic acid groups (broad SMARTS) is 1. The normalized spacial score (nSPS) is 10.1. The minimum Gasteiger partial charge on any atom is -0.476 e. The average molecular weight is 261 g/mol. The molecule has 92 valence electrons. The Morgan fingerprint density at radius 1 is 1.28 bits per heavy atom. The summed E-state index contributed by atoms with van der Waals surface area (Å²) in [5.74, 6) is -0.685. The second-order valence-corrected chi connectivity index (χ2v) is 4.33. The molecular weight excluding hydrogens is 250 g/mol. The zero-order valence-corrected chi connectivity index (χ0v) is 10.4. The fourth-order valence-electron chi connectivity index (χ4n) is 1.35. The SMILES string of the molecule is CSc1ccc(Nc2cncc(C(=O)O)n2)cc1. The van der Waals surface area contributed by atoms with Crippen molar-refractivity contribution in [1.29, 1.82) is 0 Å². The van der Waals surface area contributed by atoms with E-state index in [1.807, 2.05) is 30.5 Å². The Morgan fingerprint density at radius 3 is 2.61 bits per heavy atom. The van der Waals surface area contributed by atoms with Crippen molar-refractivity contribution in [3.63, 3.8) is 0 Å². The van der Waals surface area contributed by atoms with Crippen molar-refractivity contribution < 1.29 is 9.90 Å². The quantitative estimate of drug-likeness (QED) is 0.824. The van der Waals surface area contributed by atoms with E-state index in [-0.39, 0.29) is 5.69 Å². The van der Waals surface area contributed by atoms with Crippen molar-refractivity contribution in [3.05, 3.63) is 42.4 Å². The van der Waals surface area contributed by atoms with Crippen LogP contribution in [0.5, 0.6) is 0 Å². The Hall–Kier alpha value is -2.08. The zero-order chi connectivity index (χ0) is 13.0. The maximum absolute atomic E-state index is 10.8. The van der Waals surface area contributed by atoms with E-state index in [4.69, 9.17) is 5.11 Å². The van der Waals surface area contributed by atoms with Crippen LogP contribution in [-0.2, 0) is 0 Å². The second kappa shape index (κ2) is 5.50. The predicted molar refractivity (Wildman–Crippen MR) is 70.5 cm³/mol. The molecule has 0 aliphatic heterocycles. The molecular formula is C12H11N3O2S. The number of aromatic carboxylic acids is 1. The smallest absolute Gasteiger partial charge is 0.356 e. The molecule has 5 nitrogen and oxygen atoms in total. The largest absolute Gasteiger partial charge is 0.476 e. The number of thioether (sulfide) groups is 1. The summed E-state index contributed by atoms with van der Waals surface area (Å²) < 4.78 is 0. The number of anilines is 2. The molecule has 2 aromatic rings. The summed E-state index contributed by atoms with van der Waals surface area (Å²) in [7, 11) is 0. The van der Waals surface area contributed by atoms with Crippen LogP contribution in [0.4, 0.5) is 11.5 Å². The molecule has 0 unspecified atom stereocenters. The highest BCUT2D eigenvalue weighted by Crippen LogP contribution is 2.19. The van der Waals surface area contributed by atoms with E-state index in [0.717, 1.165) is 10.6 Å². The van der Waals surface area contributed by atoms with Gasteiger partial charge in [-0.3, -0.25) is 4.98 Å². The molecule has 1 heterocycles. The van der Waals surface area contributed by atoms with E-state index in [9.17, 15) is 4.79 Å². The Bertz CT molecular complexity index is 558. The van der Waals surface area contributed by atoms with Gasteiger partial charge in [-0.1, -0.05) is 0 Å². The predicted octanol–water partition coefficient (Wildman–Crippen LogP) is 2.64. The van der Waals surface area contributed by atoms with E-state index in [2.05, 4.69) is 15.3 Å². The van der Waals surface area contributed by atoms with Gasteiger partial charge in [0.2, 0.25) is 0 Å². The van der Waals surface area contributed by atoms with Crippen LogP contribution >= 0.6 is 11.8 Å². The molecule has 0 aliphatic carbocycles. The molecule has 18 heavy (non-hydrogen) atoms. The van der Waals surface area contributed by atoms with E-state index in [0.29, 0.717) is 5.82 Å². The topological polar surface area (TPSA) is 75.1 Å².